The number of likely N-dealkylation sites (tertiary alicyclic amines) is 1. The van der Waals surface area contributed by atoms with Gasteiger partial charge < -0.3 is 9.67 Å². The van der Waals surface area contributed by atoms with E-state index in [-0.39, 0.29) is 5.41 Å². The van der Waals surface area contributed by atoms with Crippen molar-refractivity contribution in [3.8, 4) is 0 Å². The SMILES string of the molecule is CCCn1c(C)nnc1CN1CCC(CC)(CO)CC1. The van der Waals surface area contributed by atoms with E-state index in [0.29, 0.717) is 6.61 Å². The Labute approximate surface area is 122 Å². The summed E-state index contributed by atoms with van der Waals surface area (Å²) in [5.74, 6) is 2.09. The van der Waals surface area contributed by atoms with E-state index in [1.165, 1.54) is 0 Å². The fourth-order valence-corrected chi connectivity index (χ4v) is 3.07. The molecule has 20 heavy (non-hydrogen) atoms. The molecule has 0 aliphatic carbocycles. The summed E-state index contributed by atoms with van der Waals surface area (Å²) in [4.78, 5) is 2.44. The van der Waals surface area contributed by atoms with Crippen molar-refractivity contribution < 1.29 is 5.11 Å². The molecule has 5 heteroatoms. The van der Waals surface area contributed by atoms with Gasteiger partial charge in [-0.1, -0.05) is 13.8 Å². The second-order valence-electron chi connectivity index (χ2n) is 6.10. The highest BCUT2D eigenvalue weighted by atomic mass is 16.3. The van der Waals surface area contributed by atoms with E-state index < -0.39 is 0 Å². The zero-order valence-electron chi connectivity index (χ0n) is 13.1. The molecular formula is C15H28N4O. The first-order valence-electron chi connectivity index (χ1n) is 7.86. The number of hydrogen-bond acceptors (Lipinski definition) is 4. The third kappa shape index (κ3) is 3.20. The van der Waals surface area contributed by atoms with Gasteiger partial charge in [-0.15, -0.1) is 10.2 Å². The number of hydrogen-bond donors (Lipinski definition) is 1. The van der Waals surface area contributed by atoms with Crippen molar-refractivity contribution in [1.82, 2.24) is 19.7 Å². The van der Waals surface area contributed by atoms with Gasteiger partial charge in [0, 0.05) is 13.2 Å². The van der Waals surface area contributed by atoms with Crippen LogP contribution in [0.15, 0.2) is 0 Å². The van der Waals surface area contributed by atoms with E-state index in [1.54, 1.807) is 0 Å². The summed E-state index contributed by atoms with van der Waals surface area (Å²) >= 11 is 0. The predicted molar refractivity (Wildman–Crippen MR) is 79.4 cm³/mol. The summed E-state index contributed by atoms with van der Waals surface area (Å²) in [5.41, 5.74) is 0.156. The Hall–Kier alpha value is -0.940. The molecule has 1 fully saturated rings. The van der Waals surface area contributed by atoms with Crippen LogP contribution < -0.4 is 0 Å². The minimum Gasteiger partial charge on any atom is -0.396 e. The lowest BCUT2D eigenvalue weighted by Crippen LogP contribution is -2.41. The zero-order chi connectivity index (χ0) is 14.6. The van der Waals surface area contributed by atoms with Crippen molar-refractivity contribution in [3.63, 3.8) is 0 Å². The van der Waals surface area contributed by atoms with Crippen LogP contribution in [0.2, 0.25) is 0 Å². The second kappa shape index (κ2) is 6.68. The third-order valence-corrected chi connectivity index (χ3v) is 4.83. The van der Waals surface area contributed by atoms with Gasteiger partial charge in [-0.2, -0.15) is 0 Å². The molecule has 0 atom stereocenters. The van der Waals surface area contributed by atoms with Crippen molar-refractivity contribution in [2.24, 2.45) is 5.41 Å². The molecule has 1 saturated heterocycles. The summed E-state index contributed by atoms with van der Waals surface area (Å²) in [6.45, 7) is 10.7. The molecule has 0 spiro atoms. The van der Waals surface area contributed by atoms with Gasteiger partial charge in [0.15, 0.2) is 0 Å². The molecule has 1 aliphatic rings. The fraction of sp³-hybridized carbons (Fsp3) is 0.867. The Morgan fingerprint density at radius 2 is 1.90 bits per heavy atom. The molecular weight excluding hydrogens is 252 g/mol. The van der Waals surface area contributed by atoms with Crippen LogP contribution in [0.3, 0.4) is 0 Å². The lowest BCUT2D eigenvalue weighted by atomic mass is 9.77. The van der Waals surface area contributed by atoms with Crippen LogP contribution in [0.1, 0.15) is 51.2 Å². The maximum Gasteiger partial charge on any atom is 0.147 e. The van der Waals surface area contributed by atoms with Crippen molar-refractivity contribution in [3.05, 3.63) is 11.6 Å². The quantitative estimate of drug-likeness (QED) is 0.865. The van der Waals surface area contributed by atoms with Gasteiger partial charge in [0.2, 0.25) is 0 Å². The Morgan fingerprint density at radius 1 is 1.20 bits per heavy atom. The minimum absolute atomic E-state index is 0.156. The van der Waals surface area contributed by atoms with Crippen LogP contribution in [-0.2, 0) is 13.1 Å². The number of rotatable bonds is 6. The molecule has 1 aromatic heterocycles. The average Bonchev–Trinajstić information content (AvgIpc) is 2.82. The Bertz CT molecular complexity index is 416. The molecule has 0 bridgehead atoms. The largest absolute Gasteiger partial charge is 0.396 e. The molecule has 0 aromatic carbocycles. The molecule has 5 nitrogen and oxygen atoms in total. The molecule has 0 radical (unpaired) electrons. The molecule has 1 N–H and O–H groups in total. The number of aliphatic hydroxyl groups excluding tert-OH is 1. The highest BCUT2D eigenvalue weighted by molar-refractivity contribution is 4.95. The number of aliphatic hydroxyl groups is 1. The van der Waals surface area contributed by atoms with Gasteiger partial charge in [0.1, 0.15) is 11.6 Å². The molecule has 2 rings (SSSR count). The summed E-state index contributed by atoms with van der Waals surface area (Å²) in [5, 5.41) is 18.1. The van der Waals surface area contributed by atoms with Crippen LogP contribution in [0.4, 0.5) is 0 Å². The number of piperidine rings is 1. The van der Waals surface area contributed by atoms with Gasteiger partial charge in [-0.3, -0.25) is 4.90 Å². The third-order valence-electron chi connectivity index (χ3n) is 4.83. The van der Waals surface area contributed by atoms with E-state index in [0.717, 1.165) is 63.5 Å². The molecule has 0 saturated carbocycles. The predicted octanol–water partition coefficient (Wildman–Crippen LogP) is 1.98. The summed E-state index contributed by atoms with van der Waals surface area (Å²) < 4.78 is 2.23. The Morgan fingerprint density at radius 3 is 2.45 bits per heavy atom. The second-order valence-corrected chi connectivity index (χ2v) is 6.10. The highest BCUT2D eigenvalue weighted by Gasteiger charge is 2.32. The van der Waals surface area contributed by atoms with Gasteiger partial charge in [0.05, 0.1) is 6.54 Å². The Kier molecular flexibility index (Phi) is 5.16. The van der Waals surface area contributed by atoms with Crippen LogP contribution in [0.5, 0.6) is 0 Å². The van der Waals surface area contributed by atoms with Crippen molar-refractivity contribution >= 4 is 0 Å². The van der Waals surface area contributed by atoms with Gasteiger partial charge in [-0.25, -0.2) is 0 Å². The monoisotopic (exact) mass is 280 g/mol. The van der Waals surface area contributed by atoms with Gasteiger partial charge >= 0.3 is 0 Å². The van der Waals surface area contributed by atoms with E-state index >= 15 is 0 Å². The molecule has 1 aliphatic heterocycles. The first-order valence-corrected chi connectivity index (χ1v) is 7.86. The maximum atomic E-state index is 9.59. The van der Waals surface area contributed by atoms with Crippen molar-refractivity contribution in [1.29, 1.82) is 0 Å². The summed E-state index contributed by atoms with van der Waals surface area (Å²) in [7, 11) is 0. The first kappa shape index (κ1) is 15.4. The average molecular weight is 280 g/mol. The van der Waals surface area contributed by atoms with E-state index in [2.05, 4.69) is 33.5 Å². The van der Waals surface area contributed by atoms with E-state index in [1.807, 2.05) is 6.92 Å². The summed E-state index contributed by atoms with van der Waals surface area (Å²) in [6, 6.07) is 0. The molecule has 0 unspecified atom stereocenters. The van der Waals surface area contributed by atoms with Crippen LogP contribution in [0.25, 0.3) is 0 Å². The standard InChI is InChI=1S/C15H28N4O/c1-4-8-19-13(3)16-17-14(19)11-18-9-6-15(5-2,12-20)7-10-18/h20H,4-12H2,1-3H3. The molecule has 114 valence electrons. The fourth-order valence-electron chi connectivity index (χ4n) is 3.07. The minimum atomic E-state index is 0.156. The van der Waals surface area contributed by atoms with Crippen molar-refractivity contribution in [2.45, 2.75) is 59.5 Å². The van der Waals surface area contributed by atoms with Crippen LogP contribution in [-0.4, -0.2) is 44.5 Å². The van der Waals surface area contributed by atoms with Crippen LogP contribution in [0, 0.1) is 12.3 Å². The number of aromatic nitrogens is 3. The van der Waals surface area contributed by atoms with E-state index in [9.17, 15) is 5.11 Å². The summed E-state index contributed by atoms with van der Waals surface area (Å²) in [6.07, 6.45) is 4.35. The smallest absolute Gasteiger partial charge is 0.147 e. The zero-order valence-corrected chi connectivity index (χ0v) is 13.1. The molecule has 2 heterocycles. The van der Waals surface area contributed by atoms with Gasteiger partial charge in [0.25, 0.3) is 0 Å². The Balaban J connectivity index is 1.96. The maximum absolute atomic E-state index is 9.59. The topological polar surface area (TPSA) is 54.2 Å². The first-order chi connectivity index (χ1) is 9.64. The normalized spacial score (nSPS) is 19.4. The van der Waals surface area contributed by atoms with Gasteiger partial charge in [-0.05, 0) is 51.1 Å². The lowest BCUT2D eigenvalue weighted by Gasteiger charge is -2.40. The van der Waals surface area contributed by atoms with Crippen molar-refractivity contribution in [2.75, 3.05) is 19.7 Å². The lowest BCUT2D eigenvalue weighted by molar-refractivity contribution is 0.0369. The molecule has 1 aromatic rings. The van der Waals surface area contributed by atoms with E-state index in [4.69, 9.17) is 0 Å². The molecule has 0 amide bonds. The van der Waals surface area contributed by atoms with Crippen LogP contribution >= 0.6 is 0 Å². The number of aryl methyl sites for hydroxylation is 1. The highest BCUT2D eigenvalue weighted by Crippen LogP contribution is 2.34. The number of nitrogens with zero attached hydrogens (tertiary/aromatic N) is 4.